The van der Waals surface area contributed by atoms with Crippen LogP contribution in [-0.2, 0) is 16.2 Å². The molecule has 1 heterocycles. The van der Waals surface area contributed by atoms with E-state index in [1.807, 2.05) is 13.0 Å². The van der Waals surface area contributed by atoms with E-state index < -0.39 is 28.8 Å². The third-order valence-electron chi connectivity index (χ3n) is 12.1. The Labute approximate surface area is 368 Å². The second-order valence-corrected chi connectivity index (χ2v) is 16.1. The van der Waals surface area contributed by atoms with E-state index in [0.717, 1.165) is 30.4 Å². The average Bonchev–Trinajstić information content (AvgIpc) is 3.29. The Morgan fingerprint density at radius 1 is 1.06 bits per heavy atom. The highest BCUT2D eigenvalue weighted by atomic mass is 16.7. The van der Waals surface area contributed by atoms with Gasteiger partial charge >= 0.3 is 6.09 Å². The lowest BCUT2D eigenvalue weighted by Gasteiger charge is -2.60. The van der Waals surface area contributed by atoms with Gasteiger partial charge in [0, 0.05) is 61.9 Å². The summed E-state index contributed by atoms with van der Waals surface area (Å²) < 4.78 is 20.1. The Morgan fingerprint density at radius 2 is 1.79 bits per heavy atom. The van der Waals surface area contributed by atoms with Gasteiger partial charge in [-0.15, -0.1) is 6.58 Å². The summed E-state index contributed by atoms with van der Waals surface area (Å²) in [5.74, 6) is -2.04. The number of nitro groups is 1. The number of hydrogen-bond donors (Lipinski definition) is 3. The number of amides is 2. The molecule has 6 atom stereocenters. The van der Waals surface area contributed by atoms with Crippen molar-refractivity contribution in [2.75, 3.05) is 32.9 Å². The van der Waals surface area contributed by atoms with Crippen molar-refractivity contribution < 1.29 is 43.8 Å². The van der Waals surface area contributed by atoms with Gasteiger partial charge in [0.15, 0.2) is 0 Å². The van der Waals surface area contributed by atoms with E-state index in [-0.39, 0.29) is 62.2 Å². The first-order valence-corrected chi connectivity index (χ1v) is 21.8. The van der Waals surface area contributed by atoms with E-state index in [1.165, 1.54) is 12.1 Å². The number of carbonyl (C=O) groups is 2. The smallest absolute Gasteiger partial charge is 0.412 e. The van der Waals surface area contributed by atoms with E-state index in [2.05, 4.69) is 24.0 Å². The minimum absolute atomic E-state index is 0.0120. The molecule has 2 amide bonds. The molecule has 0 bridgehead atoms. The van der Waals surface area contributed by atoms with Gasteiger partial charge in [0.05, 0.1) is 34.8 Å². The summed E-state index contributed by atoms with van der Waals surface area (Å²) in [6, 6.07) is 19.2. The van der Waals surface area contributed by atoms with Gasteiger partial charge < -0.3 is 39.5 Å². The third-order valence-corrected chi connectivity index (χ3v) is 12.1. The SMILES string of the molecule is C=CCO[C@@]12Oc3ccc(OC(=O)NCC)cc3[C@H]3[C@H](CCCCO)[C@@H](CCCCO)C=C(C(=NOCc4ccc([N+](=O)[O-])cc4)C[C@@H]1N(CCC)C(=O)c1ccc(C#N)cc1)[C@H]32. The first-order valence-electron chi connectivity index (χ1n) is 21.8. The van der Waals surface area contributed by atoms with Crippen molar-refractivity contribution >= 4 is 23.4 Å². The molecule has 3 N–H and O–H groups in total. The highest BCUT2D eigenvalue weighted by Crippen LogP contribution is 2.62. The number of rotatable bonds is 21. The van der Waals surface area contributed by atoms with Crippen molar-refractivity contribution in [3.63, 3.8) is 0 Å². The maximum atomic E-state index is 14.9. The Morgan fingerprint density at radius 3 is 2.44 bits per heavy atom. The number of aliphatic hydroxyl groups is 2. The van der Waals surface area contributed by atoms with Crippen LogP contribution in [0.1, 0.15) is 98.2 Å². The van der Waals surface area contributed by atoms with Crippen LogP contribution in [0.4, 0.5) is 10.5 Å². The summed E-state index contributed by atoms with van der Waals surface area (Å²) in [5.41, 5.74) is 3.60. The average molecular weight is 864 g/mol. The molecule has 63 heavy (non-hydrogen) atoms. The maximum Gasteiger partial charge on any atom is 0.412 e. The maximum absolute atomic E-state index is 14.9. The number of hydrogen-bond acceptors (Lipinski definition) is 12. The van der Waals surface area contributed by atoms with E-state index in [1.54, 1.807) is 66.4 Å². The summed E-state index contributed by atoms with van der Waals surface area (Å²) in [6.07, 6.45) is 8.13. The molecule has 6 rings (SSSR count). The highest BCUT2D eigenvalue weighted by Gasteiger charge is 2.65. The summed E-state index contributed by atoms with van der Waals surface area (Å²) in [7, 11) is 0. The Hall–Kier alpha value is -6.08. The van der Waals surface area contributed by atoms with Crippen LogP contribution in [0.5, 0.6) is 11.5 Å². The van der Waals surface area contributed by atoms with E-state index >= 15 is 0 Å². The van der Waals surface area contributed by atoms with Gasteiger partial charge in [0.1, 0.15) is 24.1 Å². The molecule has 1 aliphatic heterocycles. The number of oxime groups is 1. The molecular weight excluding hydrogens is 807 g/mol. The molecule has 2 aliphatic carbocycles. The van der Waals surface area contributed by atoms with Gasteiger partial charge in [0.25, 0.3) is 11.6 Å². The van der Waals surface area contributed by atoms with Crippen LogP contribution in [-0.4, -0.2) is 82.5 Å². The number of benzene rings is 3. The van der Waals surface area contributed by atoms with Crippen molar-refractivity contribution in [1.29, 1.82) is 5.26 Å². The lowest BCUT2D eigenvalue weighted by Crippen LogP contribution is -2.70. The zero-order valence-electron chi connectivity index (χ0n) is 35.9. The van der Waals surface area contributed by atoms with Gasteiger partial charge in [0.2, 0.25) is 5.79 Å². The quantitative estimate of drug-likeness (QED) is 0.0405. The molecule has 0 radical (unpaired) electrons. The minimum Gasteiger partial charge on any atom is -0.459 e. The molecular formula is C48H57N5O10. The van der Waals surface area contributed by atoms with Crippen molar-refractivity contribution in [2.45, 2.75) is 89.6 Å². The lowest BCUT2D eigenvalue weighted by molar-refractivity contribution is -0.384. The Balaban J connectivity index is 1.58. The number of nitro benzene ring substituents is 1. The number of ether oxygens (including phenoxy) is 3. The number of allylic oxidation sites excluding steroid dienone is 1. The lowest BCUT2D eigenvalue weighted by atomic mass is 9.55. The standard InChI is InChI=1S/C48H57N5O10/c1-4-23-52(46(56)34-17-13-32(30-49)14-18-34)43-29-41(51-61-31-33-15-19-36(20-16-33)53(58)59)39-27-35(11-7-9-24-54)38(12-8-10-25-55)44-40-28-37(62-47(57)50-6-3)21-22-42(40)63-48(43,45(39)44)60-26-5-2/h5,13-22,27-28,35,38,43-45,54-55H,2,4,6-12,23-26,29,31H2,1,3H3,(H,50,57)/t35-,38+,43-,44+,45+,48+/m0/s1. The van der Waals surface area contributed by atoms with Crippen LogP contribution in [0.2, 0.25) is 0 Å². The van der Waals surface area contributed by atoms with Gasteiger partial charge in [-0.3, -0.25) is 14.9 Å². The first kappa shape index (κ1) is 46.4. The second-order valence-electron chi connectivity index (χ2n) is 16.1. The van der Waals surface area contributed by atoms with Crippen molar-refractivity contribution in [2.24, 2.45) is 22.9 Å². The van der Waals surface area contributed by atoms with Crippen molar-refractivity contribution in [1.82, 2.24) is 10.2 Å². The van der Waals surface area contributed by atoms with Gasteiger partial charge in [-0.2, -0.15) is 5.26 Å². The van der Waals surface area contributed by atoms with Gasteiger partial charge in [-0.05, 0) is 117 Å². The molecule has 0 aromatic heterocycles. The van der Waals surface area contributed by atoms with Crippen molar-refractivity contribution in [3.05, 3.63) is 123 Å². The molecule has 0 unspecified atom stereocenters. The molecule has 3 aromatic carbocycles. The van der Waals surface area contributed by atoms with Crippen LogP contribution in [0.15, 0.2) is 96.2 Å². The summed E-state index contributed by atoms with van der Waals surface area (Å²) in [6.45, 7) is 8.63. The summed E-state index contributed by atoms with van der Waals surface area (Å²) in [4.78, 5) is 46.4. The monoisotopic (exact) mass is 863 g/mol. The topological polar surface area (TPSA) is 206 Å². The number of aliphatic hydroxyl groups excluding tert-OH is 2. The molecule has 0 saturated heterocycles. The minimum atomic E-state index is -1.51. The molecule has 334 valence electrons. The fourth-order valence-corrected chi connectivity index (χ4v) is 9.39. The molecule has 15 heteroatoms. The predicted molar refractivity (Wildman–Crippen MR) is 235 cm³/mol. The number of non-ortho nitro benzene ring substituents is 1. The number of unbranched alkanes of at least 4 members (excludes halogenated alkanes) is 2. The van der Waals surface area contributed by atoms with Crippen molar-refractivity contribution in [3.8, 4) is 17.6 Å². The first-order chi connectivity index (χ1) is 30.6. The Bertz CT molecular complexity index is 2190. The second kappa shape index (κ2) is 21.8. The molecule has 1 fully saturated rings. The molecule has 3 aliphatic rings. The Kier molecular flexibility index (Phi) is 16.1. The van der Waals surface area contributed by atoms with Crippen LogP contribution in [0.25, 0.3) is 0 Å². The highest BCUT2D eigenvalue weighted by molar-refractivity contribution is 6.03. The van der Waals surface area contributed by atoms with E-state index in [9.17, 15) is 35.2 Å². The number of carbonyl (C=O) groups excluding carboxylic acids is 2. The molecule has 1 saturated carbocycles. The summed E-state index contributed by atoms with van der Waals surface area (Å²) in [5, 5.41) is 48.2. The molecule has 15 nitrogen and oxygen atoms in total. The predicted octanol–water partition coefficient (Wildman–Crippen LogP) is 7.96. The largest absolute Gasteiger partial charge is 0.459 e. The molecule has 0 spiro atoms. The zero-order valence-corrected chi connectivity index (χ0v) is 35.9. The third kappa shape index (κ3) is 10.4. The molecule has 3 aromatic rings. The van der Waals surface area contributed by atoms with Crippen LogP contribution in [0.3, 0.4) is 0 Å². The number of fused-ring (bicyclic) bond motifs is 2. The normalized spacial score (nSPS) is 22.6. The van der Waals surface area contributed by atoms with E-state index in [0.29, 0.717) is 72.7 Å². The summed E-state index contributed by atoms with van der Waals surface area (Å²) >= 11 is 0. The zero-order chi connectivity index (χ0) is 44.9. The fourth-order valence-electron chi connectivity index (χ4n) is 9.39. The van der Waals surface area contributed by atoms with E-state index in [4.69, 9.17) is 24.2 Å². The number of nitrogens with zero attached hydrogens (tertiary/aromatic N) is 4. The van der Waals surface area contributed by atoms with Gasteiger partial charge in [-0.1, -0.05) is 37.1 Å². The van der Waals surface area contributed by atoms with Crippen LogP contribution < -0.4 is 14.8 Å². The van der Waals surface area contributed by atoms with Crippen LogP contribution in [0, 0.1) is 39.2 Å². The van der Waals surface area contributed by atoms with Gasteiger partial charge in [-0.25, -0.2) is 4.79 Å². The van der Waals surface area contributed by atoms with Crippen LogP contribution >= 0.6 is 0 Å². The number of nitriles is 1. The fraction of sp³-hybridized carbons (Fsp3) is 0.458. The number of nitrogens with one attached hydrogen (secondary N) is 1.